The molecule has 0 atom stereocenters. The van der Waals surface area contributed by atoms with Gasteiger partial charge in [-0.3, -0.25) is 0 Å². The largest absolute Gasteiger partial charge is 0.192 e. The minimum absolute atomic E-state index is 0.516. The van der Waals surface area contributed by atoms with Crippen molar-refractivity contribution in [2.45, 2.75) is 0 Å². The topological polar surface area (TPSA) is 49.6 Å². The summed E-state index contributed by atoms with van der Waals surface area (Å²) in [6.07, 6.45) is 1.46. The highest BCUT2D eigenvalue weighted by Gasteiger charge is 2.01. The molecule has 0 fully saturated rings. The molecule has 0 saturated carbocycles. The highest BCUT2D eigenvalue weighted by molar-refractivity contribution is 6.35. The second-order valence-corrected chi connectivity index (χ2v) is 2.94. The second kappa shape index (κ2) is 3.00. The van der Waals surface area contributed by atoms with E-state index in [2.05, 4.69) is 10.2 Å². The smallest absolute Gasteiger partial charge is 0.0991 e. The molecule has 4 heteroatoms. The van der Waals surface area contributed by atoms with Crippen molar-refractivity contribution < 1.29 is 0 Å². The van der Waals surface area contributed by atoms with Gasteiger partial charge in [0.05, 0.1) is 28.4 Å². The molecule has 0 bridgehead atoms. The molecule has 2 aromatic rings. The second-order valence-electron chi connectivity index (χ2n) is 2.54. The van der Waals surface area contributed by atoms with E-state index in [0.717, 1.165) is 5.39 Å². The van der Waals surface area contributed by atoms with Gasteiger partial charge < -0.3 is 0 Å². The Morgan fingerprint density at radius 1 is 1.38 bits per heavy atom. The lowest BCUT2D eigenvalue weighted by Gasteiger charge is -1.97. The van der Waals surface area contributed by atoms with E-state index in [1.54, 1.807) is 18.2 Å². The van der Waals surface area contributed by atoms with Crippen LogP contribution in [0.5, 0.6) is 0 Å². The monoisotopic (exact) mass is 189 g/mol. The molecule has 2 rings (SSSR count). The Balaban J connectivity index is 2.84. The van der Waals surface area contributed by atoms with E-state index < -0.39 is 0 Å². The first-order valence-electron chi connectivity index (χ1n) is 3.62. The van der Waals surface area contributed by atoms with E-state index >= 15 is 0 Å². The maximum absolute atomic E-state index is 8.66. The summed E-state index contributed by atoms with van der Waals surface area (Å²) in [6.45, 7) is 0. The van der Waals surface area contributed by atoms with Crippen molar-refractivity contribution >= 4 is 22.5 Å². The van der Waals surface area contributed by atoms with E-state index in [1.807, 2.05) is 6.07 Å². The van der Waals surface area contributed by atoms with Crippen LogP contribution in [-0.4, -0.2) is 10.2 Å². The van der Waals surface area contributed by atoms with Gasteiger partial charge in [0.1, 0.15) is 0 Å². The SMILES string of the molecule is N#Cc1ccc2nncc(Cl)c2c1. The average molecular weight is 190 g/mol. The highest BCUT2D eigenvalue weighted by atomic mass is 35.5. The number of nitriles is 1. The Morgan fingerprint density at radius 3 is 3.00 bits per heavy atom. The van der Waals surface area contributed by atoms with Crippen LogP contribution >= 0.6 is 11.6 Å². The third-order valence-corrected chi connectivity index (χ3v) is 2.02. The standard InChI is InChI=1S/C9H4ClN3/c10-8-5-12-13-9-2-1-6(4-11)3-7(8)9/h1-3,5H. The van der Waals surface area contributed by atoms with Gasteiger partial charge in [-0.2, -0.15) is 15.5 Å². The number of hydrogen-bond acceptors (Lipinski definition) is 3. The predicted molar refractivity (Wildman–Crippen MR) is 49.3 cm³/mol. The van der Waals surface area contributed by atoms with Crippen LogP contribution in [0.15, 0.2) is 24.4 Å². The van der Waals surface area contributed by atoms with Gasteiger partial charge in [-0.25, -0.2) is 0 Å². The molecule has 62 valence electrons. The Kier molecular flexibility index (Phi) is 1.84. The molecule has 1 aromatic heterocycles. The Labute approximate surface area is 79.6 Å². The molecule has 3 nitrogen and oxygen atoms in total. The summed E-state index contributed by atoms with van der Waals surface area (Å²) >= 11 is 5.87. The van der Waals surface area contributed by atoms with Gasteiger partial charge in [-0.05, 0) is 18.2 Å². The quantitative estimate of drug-likeness (QED) is 0.638. The van der Waals surface area contributed by atoms with Crippen molar-refractivity contribution in [1.82, 2.24) is 10.2 Å². The number of rotatable bonds is 0. The zero-order valence-electron chi connectivity index (χ0n) is 6.53. The number of benzene rings is 1. The fourth-order valence-corrected chi connectivity index (χ4v) is 1.29. The number of aromatic nitrogens is 2. The zero-order valence-corrected chi connectivity index (χ0v) is 7.28. The number of halogens is 1. The summed E-state index contributed by atoms with van der Waals surface area (Å²) < 4.78 is 0. The van der Waals surface area contributed by atoms with Gasteiger partial charge in [0, 0.05) is 5.39 Å². The number of nitrogens with zero attached hydrogens (tertiary/aromatic N) is 3. The molecule has 0 aliphatic rings. The summed E-state index contributed by atoms with van der Waals surface area (Å²) in [5, 5.41) is 17.5. The molecular weight excluding hydrogens is 186 g/mol. The lowest BCUT2D eigenvalue weighted by molar-refractivity contribution is 1.08. The summed E-state index contributed by atoms with van der Waals surface area (Å²) in [7, 11) is 0. The third-order valence-electron chi connectivity index (χ3n) is 1.72. The molecule has 13 heavy (non-hydrogen) atoms. The van der Waals surface area contributed by atoms with Crippen LogP contribution in [-0.2, 0) is 0 Å². The Morgan fingerprint density at radius 2 is 2.23 bits per heavy atom. The van der Waals surface area contributed by atoms with Crippen LogP contribution < -0.4 is 0 Å². The normalized spacial score (nSPS) is 9.85. The first-order chi connectivity index (χ1) is 6.31. The maximum Gasteiger partial charge on any atom is 0.0991 e. The van der Waals surface area contributed by atoms with E-state index in [1.165, 1.54) is 6.20 Å². The van der Waals surface area contributed by atoms with Crippen molar-refractivity contribution in [3.05, 3.63) is 35.0 Å². The van der Waals surface area contributed by atoms with E-state index in [0.29, 0.717) is 16.1 Å². The van der Waals surface area contributed by atoms with Gasteiger partial charge in [0.15, 0.2) is 0 Å². The maximum atomic E-state index is 8.66. The molecular formula is C9H4ClN3. The molecule has 0 spiro atoms. The first kappa shape index (κ1) is 7.96. The Hall–Kier alpha value is -1.66. The van der Waals surface area contributed by atoms with Gasteiger partial charge >= 0.3 is 0 Å². The molecule has 0 N–H and O–H groups in total. The molecule has 1 aromatic carbocycles. The van der Waals surface area contributed by atoms with Crippen LogP contribution in [0.2, 0.25) is 5.02 Å². The summed E-state index contributed by atoms with van der Waals surface area (Å²) in [5.74, 6) is 0. The van der Waals surface area contributed by atoms with E-state index in [9.17, 15) is 0 Å². The minimum atomic E-state index is 0.516. The lowest BCUT2D eigenvalue weighted by atomic mass is 10.1. The molecule has 0 aliphatic heterocycles. The van der Waals surface area contributed by atoms with E-state index in [4.69, 9.17) is 16.9 Å². The van der Waals surface area contributed by atoms with Crippen LogP contribution in [0.3, 0.4) is 0 Å². The van der Waals surface area contributed by atoms with Crippen LogP contribution in [0.1, 0.15) is 5.56 Å². The fourth-order valence-electron chi connectivity index (χ4n) is 1.10. The van der Waals surface area contributed by atoms with Crippen molar-refractivity contribution in [2.75, 3.05) is 0 Å². The zero-order chi connectivity index (χ0) is 9.26. The molecule has 0 radical (unpaired) electrons. The molecule has 1 heterocycles. The molecule has 0 unspecified atom stereocenters. The number of fused-ring (bicyclic) bond motifs is 1. The highest BCUT2D eigenvalue weighted by Crippen LogP contribution is 2.20. The van der Waals surface area contributed by atoms with Crippen molar-refractivity contribution in [2.24, 2.45) is 0 Å². The molecule has 0 aliphatic carbocycles. The third kappa shape index (κ3) is 1.32. The van der Waals surface area contributed by atoms with Gasteiger partial charge in [0.25, 0.3) is 0 Å². The number of hydrogen-bond donors (Lipinski definition) is 0. The van der Waals surface area contributed by atoms with Crippen molar-refractivity contribution in [3.8, 4) is 6.07 Å². The average Bonchev–Trinajstić information content (AvgIpc) is 2.18. The van der Waals surface area contributed by atoms with Crippen molar-refractivity contribution in [1.29, 1.82) is 5.26 Å². The molecule has 0 saturated heterocycles. The lowest BCUT2D eigenvalue weighted by Crippen LogP contribution is -1.84. The predicted octanol–water partition coefficient (Wildman–Crippen LogP) is 2.15. The van der Waals surface area contributed by atoms with Crippen LogP contribution in [0.4, 0.5) is 0 Å². The van der Waals surface area contributed by atoms with Gasteiger partial charge in [-0.15, -0.1) is 0 Å². The van der Waals surface area contributed by atoms with Gasteiger partial charge in [-0.1, -0.05) is 11.6 Å². The minimum Gasteiger partial charge on any atom is -0.192 e. The van der Waals surface area contributed by atoms with Crippen LogP contribution in [0.25, 0.3) is 10.9 Å². The van der Waals surface area contributed by atoms with Gasteiger partial charge in [0.2, 0.25) is 0 Å². The van der Waals surface area contributed by atoms with Crippen molar-refractivity contribution in [3.63, 3.8) is 0 Å². The molecule has 0 amide bonds. The van der Waals surface area contributed by atoms with E-state index in [-0.39, 0.29) is 0 Å². The summed E-state index contributed by atoms with van der Waals surface area (Å²) in [4.78, 5) is 0. The fraction of sp³-hybridized carbons (Fsp3) is 0. The Bertz CT molecular complexity index is 502. The first-order valence-corrected chi connectivity index (χ1v) is 4.00. The van der Waals surface area contributed by atoms with Crippen LogP contribution in [0, 0.1) is 11.3 Å². The summed E-state index contributed by atoms with van der Waals surface area (Å²) in [5.41, 5.74) is 1.27. The summed E-state index contributed by atoms with van der Waals surface area (Å²) in [6, 6.07) is 7.16.